The number of aromatic nitrogens is 3. The van der Waals surface area contributed by atoms with E-state index in [1.807, 2.05) is 32.9 Å². The maximum absolute atomic E-state index is 5.76. The first-order valence-electron chi connectivity index (χ1n) is 5.29. The van der Waals surface area contributed by atoms with E-state index >= 15 is 0 Å². The third-order valence-electron chi connectivity index (χ3n) is 2.60. The molecule has 0 aliphatic heterocycles. The highest BCUT2D eigenvalue weighted by Gasteiger charge is 2.14. The minimum Gasteiger partial charge on any atom is -0.389 e. The number of hydrogen-bond acceptors (Lipinski definition) is 3. The predicted molar refractivity (Wildman–Crippen MR) is 71.5 cm³/mol. The van der Waals surface area contributed by atoms with Crippen LogP contribution in [-0.4, -0.2) is 19.8 Å². The minimum atomic E-state index is 0.346. The van der Waals surface area contributed by atoms with Gasteiger partial charge in [-0.3, -0.25) is 0 Å². The van der Waals surface area contributed by atoms with Crippen LogP contribution in [0.2, 0.25) is 0 Å². The van der Waals surface area contributed by atoms with Gasteiger partial charge in [-0.15, -0.1) is 0 Å². The largest absolute Gasteiger partial charge is 0.389 e. The van der Waals surface area contributed by atoms with Gasteiger partial charge in [-0.05, 0) is 38.5 Å². The molecule has 0 saturated carbocycles. The van der Waals surface area contributed by atoms with Crippen molar-refractivity contribution in [2.75, 3.05) is 0 Å². The lowest BCUT2D eigenvalue weighted by atomic mass is 10.1. The third-order valence-corrected chi connectivity index (χ3v) is 2.80. The molecule has 0 bridgehead atoms. The minimum absolute atomic E-state index is 0.346. The van der Waals surface area contributed by atoms with Gasteiger partial charge >= 0.3 is 0 Å². The van der Waals surface area contributed by atoms with Crippen LogP contribution in [0.15, 0.2) is 18.3 Å². The normalized spacial score (nSPS) is 10.5. The van der Waals surface area contributed by atoms with Crippen molar-refractivity contribution in [2.24, 2.45) is 5.73 Å². The average molecular weight is 246 g/mol. The number of thiocarbonyl (C=S) groups is 1. The van der Waals surface area contributed by atoms with Crippen LogP contribution in [0.25, 0.3) is 5.82 Å². The van der Waals surface area contributed by atoms with E-state index in [2.05, 4.69) is 10.1 Å². The standard InChI is InChI=1S/C12H14N4S/c1-7-4-5-14-12(10(7)11(13)17)16-9(3)6-8(2)15-16/h4-6H,1-3H3,(H2,13,17). The Balaban J connectivity index is 2.71. The molecule has 17 heavy (non-hydrogen) atoms. The molecule has 5 heteroatoms. The maximum atomic E-state index is 5.76. The number of nitrogens with zero attached hydrogens (tertiary/aromatic N) is 3. The summed E-state index contributed by atoms with van der Waals surface area (Å²) in [5.41, 5.74) is 9.51. The molecule has 2 aromatic heterocycles. The van der Waals surface area contributed by atoms with E-state index < -0.39 is 0 Å². The molecular weight excluding hydrogens is 232 g/mol. The highest BCUT2D eigenvalue weighted by molar-refractivity contribution is 7.80. The zero-order valence-electron chi connectivity index (χ0n) is 10.1. The Morgan fingerprint density at radius 2 is 2.06 bits per heavy atom. The summed E-state index contributed by atoms with van der Waals surface area (Å²) in [6, 6.07) is 3.89. The second-order valence-electron chi connectivity index (χ2n) is 4.03. The number of rotatable bonds is 2. The molecule has 0 fully saturated rings. The Morgan fingerprint density at radius 3 is 2.59 bits per heavy atom. The fourth-order valence-electron chi connectivity index (χ4n) is 1.85. The summed E-state index contributed by atoms with van der Waals surface area (Å²) in [5, 5.41) is 4.40. The zero-order valence-corrected chi connectivity index (χ0v) is 10.9. The van der Waals surface area contributed by atoms with Crippen molar-refractivity contribution < 1.29 is 0 Å². The molecule has 0 atom stereocenters. The van der Waals surface area contributed by atoms with Gasteiger partial charge in [0.1, 0.15) is 4.99 Å². The van der Waals surface area contributed by atoms with E-state index in [-0.39, 0.29) is 0 Å². The van der Waals surface area contributed by atoms with Crippen molar-refractivity contribution >= 4 is 17.2 Å². The van der Waals surface area contributed by atoms with Crippen molar-refractivity contribution in [3.05, 3.63) is 40.8 Å². The summed E-state index contributed by atoms with van der Waals surface area (Å²) >= 11 is 5.08. The quantitative estimate of drug-likeness (QED) is 0.821. The van der Waals surface area contributed by atoms with Crippen LogP contribution in [-0.2, 0) is 0 Å². The van der Waals surface area contributed by atoms with Crippen LogP contribution in [0.5, 0.6) is 0 Å². The van der Waals surface area contributed by atoms with Crippen LogP contribution in [0.4, 0.5) is 0 Å². The highest BCUT2D eigenvalue weighted by Crippen LogP contribution is 2.17. The predicted octanol–water partition coefficient (Wildman–Crippen LogP) is 1.83. The first-order valence-corrected chi connectivity index (χ1v) is 5.70. The lowest BCUT2D eigenvalue weighted by Crippen LogP contribution is -2.17. The summed E-state index contributed by atoms with van der Waals surface area (Å²) in [6.45, 7) is 5.89. The summed E-state index contributed by atoms with van der Waals surface area (Å²) in [5.74, 6) is 0.697. The molecule has 2 rings (SSSR count). The maximum Gasteiger partial charge on any atom is 0.164 e. The topological polar surface area (TPSA) is 56.7 Å². The Morgan fingerprint density at radius 1 is 1.35 bits per heavy atom. The van der Waals surface area contributed by atoms with Gasteiger partial charge in [0.05, 0.1) is 11.3 Å². The van der Waals surface area contributed by atoms with Gasteiger partial charge in [0.15, 0.2) is 5.82 Å². The molecular formula is C12H14N4S. The Hall–Kier alpha value is -1.75. The summed E-state index contributed by atoms with van der Waals surface area (Å²) in [7, 11) is 0. The molecule has 0 unspecified atom stereocenters. The van der Waals surface area contributed by atoms with Gasteiger partial charge in [0.2, 0.25) is 0 Å². The summed E-state index contributed by atoms with van der Waals surface area (Å²) in [4.78, 5) is 4.68. The molecule has 0 spiro atoms. The third kappa shape index (κ3) is 2.06. The van der Waals surface area contributed by atoms with E-state index in [9.17, 15) is 0 Å². The van der Waals surface area contributed by atoms with Crippen molar-refractivity contribution in [2.45, 2.75) is 20.8 Å². The molecule has 0 saturated heterocycles. The van der Waals surface area contributed by atoms with Gasteiger partial charge in [-0.1, -0.05) is 12.2 Å². The van der Waals surface area contributed by atoms with E-state index in [0.717, 1.165) is 22.5 Å². The molecule has 0 radical (unpaired) electrons. The lowest BCUT2D eigenvalue weighted by molar-refractivity contribution is 0.803. The zero-order chi connectivity index (χ0) is 12.6. The fraction of sp³-hybridized carbons (Fsp3) is 0.250. The summed E-state index contributed by atoms with van der Waals surface area (Å²) in [6.07, 6.45) is 1.74. The van der Waals surface area contributed by atoms with Gasteiger partial charge in [-0.2, -0.15) is 5.10 Å². The molecule has 0 aromatic carbocycles. The van der Waals surface area contributed by atoms with E-state index in [0.29, 0.717) is 10.8 Å². The Labute approximate surface area is 105 Å². The van der Waals surface area contributed by atoms with Crippen LogP contribution >= 0.6 is 12.2 Å². The van der Waals surface area contributed by atoms with Crippen LogP contribution in [0.1, 0.15) is 22.5 Å². The smallest absolute Gasteiger partial charge is 0.164 e. The molecule has 4 nitrogen and oxygen atoms in total. The van der Waals surface area contributed by atoms with Crippen LogP contribution < -0.4 is 5.73 Å². The second-order valence-corrected chi connectivity index (χ2v) is 4.47. The number of aryl methyl sites for hydroxylation is 3. The van der Waals surface area contributed by atoms with E-state index in [4.69, 9.17) is 18.0 Å². The molecule has 2 N–H and O–H groups in total. The fourth-order valence-corrected chi connectivity index (χ4v) is 2.10. The molecule has 2 aromatic rings. The molecule has 2 heterocycles. The highest BCUT2D eigenvalue weighted by atomic mass is 32.1. The van der Waals surface area contributed by atoms with Crippen molar-refractivity contribution in [1.82, 2.24) is 14.8 Å². The molecule has 0 amide bonds. The SMILES string of the molecule is Cc1cc(C)n(-c2nccc(C)c2C(N)=S)n1. The van der Waals surface area contributed by atoms with Gasteiger partial charge in [0, 0.05) is 11.9 Å². The average Bonchev–Trinajstić information content (AvgIpc) is 2.56. The van der Waals surface area contributed by atoms with Crippen molar-refractivity contribution in [1.29, 1.82) is 0 Å². The lowest BCUT2D eigenvalue weighted by Gasteiger charge is -2.11. The number of pyridine rings is 1. The van der Waals surface area contributed by atoms with E-state index in [1.54, 1.807) is 10.9 Å². The van der Waals surface area contributed by atoms with Crippen LogP contribution in [0.3, 0.4) is 0 Å². The Kier molecular flexibility index (Phi) is 2.93. The molecule has 0 aliphatic rings. The Bertz CT molecular complexity index is 586. The van der Waals surface area contributed by atoms with Gasteiger partial charge < -0.3 is 5.73 Å². The number of nitrogens with two attached hydrogens (primary N) is 1. The number of hydrogen-bond donors (Lipinski definition) is 1. The van der Waals surface area contributed by atoms with Gasteiger partial charge in [-0.25, -0.2) is 9.67 Å². The van der Waals surface area contributed by atoms with E-state index in [1.165, 1.54) is 0 Å². The van der Waals surface area contributed by atoms with Crippen molar-refractivity contribution in [3.63, 3.8) is 0 Å². The van der Waals surface area contributed by atoms with Crippen LogP contribution in [0, 0.1) is 20.8 Å². The molecule has 88 valence electrons. The second kappa shape index (κ2) is 4.25. The monoisotopic (exact) mass is 246 g/mol. The molecule has 0 aliphatic carbocycles. The van der Waals surface area contributed by atoms with Gasteiger partial charge in [0.25, 0.3) is 0 Å². The first-order chi connectivity index (χ1) is 8.00. The summed E-state index contributed by atoms with van der Waals surface area (Å²) < 4.78 is 1.77. The van der Waals surface area contributed by atoms with Crippen molar-refractivity contribution in [3.8, 4) is 5.82 Å². The first kappa shape index (κ1) is 11.7.